The fourth-order valence-electron chi connectivity index (χ4n) is 3.88. The molecule has 0 aliphatic carbocycles. The third kappa shape index (κ3) is 4.03. The van der Waals surface area contributed by atoms with Crippen molar-refractivity contribution in [3.05, 3.63) is 71.7 Å². The van der Waals surface area contributed by atoms with Crippen LogP contribution in [0.1, 0.15) is 34.7 Å². The number of furan rings is 1. The number of fused-ring (bicyclic) bond motifs is 1. The second kappa shape index (κ2) is 7.92. The van der Waals surface area contributed by atoms with Crippen molar-refractivity contribution in [1.29, 1.82) is 0 Å². The van der Waals surface area contributed by atoms with E-state index in [1.807, 2.05) is 6.07 Å². The first-order valence-corrected chi connectivity index (χ1v) is 9.43. The topological polar surface area (TPSA) is 45.5 Å². The SMILES string of the molecule is O=C(NCCN1CCCC(c2cccc3ccoc23)C1)c1ccc(F)cc1. The van der Waals surface area contributed by atoms with E-state index in [0.717, 1.165) is 43.4 Å². The van der Waals surface area contributed by atoms with Crippen molar-refractivity contribution in [2.24, 2.45) is 0 Å². The fraction of sp³-hybridized carbons (Fsp3) is 0.318. The molecule has 0 bridgehead atoms. The van der Waals surface area contributed by atoms with Crippen LogP contribution in [0.25, 0.3) is 11.0 Å². The van der Waals surface area contributed by atoms with E-state index in [1.165, 1.54) is 29.8 Å². The number of benzene rings is 2. The van der Waals surface area contributed by atoms with E-state index in [-0.39, 0.29) is 11.7 Å². The predicted molar refractivity (Wildman–Crippen MR) is 103 cm³/mol. The summed E-state index contributed by atoms with van der Waals surface area (Å²) < 4.78 is 18.7. The van der Waals surface area contributed by atoms with Gasteiger partial charge in [0.15, 0.2) is 0 Å². The number of para-hydroxylation sites is 1. The van der Waals surface area contributed by atoms with Crippen LogP contribution in [0.5, 0.6) is 0 Å². The lowest BCUT2D eigenvalue weighted by Crippen LogP contribution is -2.40. The predicted octanol–water partition coefficient (Wildman–Crippen LogP) is 4.18. The molecule has 3 aromatic rings. The van der Waals surface area contributed by atoms with Crippen molar-refractivity contribution in [3.8, 4) is 0 Å². The number of amides is 1. The Morgan fingerprint density at radius 1 is 1.19 bits per heavy atom. The van der Waals surface area contributed by atoms with Gasteiger partial charge >= 0.3 is 0 Å². The summed E-state index contributed by atoms with van der Waals surface area (Å²) in [6.07, 6.45) is 4.03. The smallest absolute Gasteiger partial charge is 0.251 e. The highest BCUT2D eigenvalue weighted by Crippen LogP contribution is 2.32. The molecule has 1 aliphatic heterocycles. The maximum absolute atomic E-state index is 13.0. The van der Waals surface area contributed by atoms with Crippen molar-refractivity contribution in [2.75, 3.05) is 26.2 Å². The highest BCUT2D eigenvalue weighted by Gasteiger charge is 2.23. The molecule has 0 radical (unpaired) electrons. The summed E-state index contributed by atoms with van der Waals surface area (Å²) in [7, 11) is 0. The molecule has 1 aliphatic rings. The Kier molecular flexibility index (Phi) is 5.21. The zero-order valence-corrected chi connectivity index (χ0v) is 15.2. The molecule has 1 amide bonds. The molecular weight excluding hydrogens is 343 g/mol. The number of nitrogens with zero attached hydrogens (tertiary/aromatic N) is 1. The summed E-state index contributed by atoms with van der Waals surface area (Å²) in [6, 6.07) is 14.0. The number of hydrogen-bond acceptors (Lipinski definition) is 3. The summed E-state index contributed by atoms with van der Waals surface area (Å²) in [5.41, 5.74) is 2.75. The van der Waals surface area contributed by atoms with Crippen LogP contribution in [0.3, 0.4) is 0 Å². The standard InChI is InChI=1S/C22H23FN2O2/c23-19-8-6-17(7-9-19)22(26)24-11-13-25-12-2-4-18(15-25)20-5-1-3-16-10-14-27-21(16)20/h1,3,5-10,14,18H,2,4,11-13,15H2,(H,24,26). The Bertz CT molecular complexity index is 919. The molecule has 4 rings (SSSR count). The summed E-state index contributed by atoms with van der Waals surface area (Å²) in [5.74, 6) is -0.0530. The first-order chi connectivity index (χ1) is 13.2. The van der Waals surface area contributed by atoms with Gasteiger partial charge in [0, 0.05) is 36.5 Å². The van der Waals surface area contributed by atoms with Crippen LogP contribution in [-0.2, 0) is 0 Å². The molecule has 1 aromatic heterocycles. The number of nitrogens with one attached hydrogen (secondary N) is 1. The zero-order chi connectivity index (χ0) is 18.6. The lowest BCUT2D eigenvalue weighted by atomic mass is 9.89. The van der Waals surface area contributed by atoms with Gasteiger partial charge in [-0.3, -0.25) is 4.79 Å². The van der Waals surface area contributed by atoms with Gasteiger partial charge in [0.25, 0.3) is 5.91 Å². The Morgan fingerprint density at radius 2 is 2.04 bits per heavy atom. The molecule has 4 nitrogen and oxygen atoms in total. The van der Waals surface area contributed by atoms with Crippen LogP contribution >= 0.6 is 0 Å². The number of carbonyl (C=O) groups excluding carboxylic acids is 1. The van der Waals surface area contributed by atoms with E-state index in [0.29, 0.717) is 18.0 Å². The molecule has 5 heteroatoms. The van der Waals surface area contributed by atoms with E-state index in [4.69, 9.17) is 4.42 Å². The van der Waals surface area contributed by atoms with Crippen LogP contribution < -0.4 is 5.32 Å². The number of likely N-dealkylation sites (tertiary alicyclic amines) is 1. The Labute approximate surface area is 158 Å². The minimum atomic E-state index is -0.336. The van der Waals surface area contributed by atoms with Gasteiger partial charge in [-0.15, -0.1) is 0 Å². The summed E-state index contributed by atoms with van der Waals surface area (Å²) >= 11 is 0. The number of rotatable bonds is 5. The Morgan fingerprint density at radius 3 is 2.89 bits per heavy atom. The maximum atomic E-state index is 13.0. The normalized spacial score (nSPS) is 17.9. The van der Waals surface area contributed by atoms with Crippen molar-refractivity contribution in [2.45, 2.75) is 18.8 Å². The molecular formula is C22H23FN2O2. The molecule has 1 atom stereocenters. The lowest BCUT2D eigenvalue weighted by molar-refractivity contribution is 0.0945. The van der Waals surface area contributed by atoms with Crippen LogP contribution in [0.4, 0.5) is 4.39 Å². The monoisotopic (exact) mass is 366 g/mol. The molecule has 27 heavy (non-hydrogen) atoms. The highest BCUT2D eigenvalue weighted by molar-refractivity contribution is 5.94. The molecule has 1 unspecified atom stereocenters. The van der Waals surface area contributed by atoms with Crippen molar-refractivity contribution in [1.82, 2.24) is 10.2 Å². The van der Waals surface area contributed by atoms with Gasteiger partial charge in [-0.05, 0) is 55.3 Å². The fourth-order valence-corrected chi connectivity index (χ4v) is 3.88. The van der Waals surface area contributed by atoms with Crippen LogP contribution in [-0.4, -0.2) is 37.0 Å². The second-order valence-corrected chi connectivity index (χ2v) is 7.09. The van der Waals surface area contributed by atoms with Gasteiger partial charge in [0.2, 0.25) is 0 Å². The Hall–Kier alpha value is -2.66. The van der Waals surface area contributed by atoms with Gasteiger partial charge in [-0.1, -0.05) is 18.2 Å². The minimum Gasteiger partial charge on any atom is -0.464 e. The molecule has 2 aromatic carbocycles. The molecule has 2 heterocycles. The third-order valence-corrected chi connectivity index (χ3v) is 5.27. The van der Waals surface area contributed by atoms with Crippen LogP contribution in [0.2, 0.25) is 0 Å². The average molecular weight is 366 g/mol. The molecule has 1 saturated heterocycles. The van der Waals surface area contributed by atoms with Crippen LogP contribution in [0.15, 0.2) is 59.2 Å². The summed E-state index contributed by atoms with van der Waals surface area (Å²) in [4.78, 5) is 14.5. The van der Waals surface area contributed by atoms with Crippen molar-refractivity contribution < 1.29 is 13.6 Å². The average Bonchev–Trinajstić information content (AvgIpc) is 3.17. The first kappa shape index (κ1) is 17.7. The van der Waals surface area contributed by atoms with E-state index in [2.05, 4.69) is 28.4 Å². The van der Waals surface area contributed by atoms with E-state index in [1.54, 1.807) is 6.26 Å². The van der Waals surface area contributed by atoms with Gasteiger partial charge < -0.3 is 14.6 Å². The maximum Gasteiger partial charge on any atom is 0.251 e. The number of hydrogen-bond donors (Lipinski definition) is 1. The summed E-state index contributed by atoms with van der Waals surface area (Å²) in [6.45, 7) is 3.38. The minimum absolute atomic E-state index is 0.163. The molecule has 140 valence electrons. The number of halogens is 1. The van der Waals surface area contributed by atoms with E-state index >= 15 is 0 Å². The third-order valence-electron chi connectivity index (χ3n) is 5.27. The molecule has 1 N–H and O–H groups in total. The summed E-state index contributed by atoms with van der Waals surface area (Å²) in [5, 5.41) is 4.07. The second-order valence-electron chi connectivity index (χ2n) is 7.09. The Balaban J connectivity index is 1.33. The zero-order valence-electron chi connectivity index (χ0n) is 15.2. The van der Waals surface area contributed by atoms with Gasteiger partial charge in [-0.25, -0.2) is 4.39 Å². The number of piperidine rings is 1. The number of carbonyl (C=O) groups is 1. The lowest BCUT2D eigenvalue weighted by Gasteiger charge is -2.33. The van der Waals surface area contributed by atoms with Gasteiger partial charge in [-0.2, -0.15) is 0 Å². The van der Waals surface area contributed by atoms with Crippen molar-refractivity contribution in [3.63, 3.8) is 0 Å². The van der Waals surface area contributed by atoms with E-state index < -0.39 is 0 Å². The van der Waals surface area contributed by atoms with Gasteiger partial charge in [0.05, 0.1) is 6.26 Å². The van der Waals surface area contributed by atoms with Crippen LogP contribution in [0, 0.1) is 5.82 Å². The molecule has 1 fully saturated rings. The molecule has 0 spiro atoms. The first-order valence-electron chi connectivity index (χ1n) is 9.43. The van der Waals surface area contributed by atoms with Crippen molar-refractivity contribution >= 4 is 16.9 Å². The van der Waals surface area contributed by atoms with E-state index in [9.17, 15) is 9.18 Å². The van der Waals surface area contributed by atoms with Gasteiger partial charge in [0.1, 0.15) is 11.4 Å². The highest BCUT2D eigenvalue weighted by atomic mass is 19.1. The quantitative estimate of drug-likeness (QED) is 0.737. The largest absolute Gasteiger partial charge is 0.464 e. The molecule has 0 saturated carbocycles.